The van der Waals surface area contributed by atoms with E-state index in [9.17, 15) is 0 Å². The van der Waals surface area contributed by atoms with Crippen LogP contribution in [0.25, 0.3) is 0 Å². The monoisotopic (exact) mass is 406 g/mol. The Morgan fingerprint density at radius 2 is 1.38 bits per heavy atom. The maximum Gasteiger partial charge on any atom is 0.261 e. The molecule has 2 bridgehead atoms. The molecular weight excluding hydrogens is 372 g/mol. The Balaban J connectivity index is 1.72. The number of fused-ring (bicyclic) bond motifs is 2. The molecule has 154 valence electrons. The van der Waals surface area contributed by atoms with Crippen molar-refractivity contribution in [3.8, 4) is 0 Å². The van der Waals surface area contributed by atoms with Gasteiger partial charge in [0.15, 0.2) is 0 Å². The van der Waals surface area contributed by atoms with Crippen LogP contribution >= 0.6 is 0 Å². The average Bonchev–Trinajstić information content (AvgIpc) is 2.87. The first kappa shape index (κ1) is 20.6. The van der Waals surface area contributed by atoms with Gasteiger partial charge in [-0.15, -0.1) is 0 Å². The summed E-state index contributed by atoms with van der Waals surface area (Å²) in [5.41, 5.74) is 0. The minimum atomic E-state index is -2.48. The van der Waals surface area contributed by atoms with E-state index in [0.29, 0.717) is 17.9 Å². The van der Waals surface area contributed by atoms with Gasteiger partial charge in [0.25, 0.3) is 8.32 Å². The average molecular weight is 407 g/mol. The van der Waals surface area contributed by atoms with Crippen molar-refractivity contribution in [3.63, 3.8) is 0 Å². The summed E-state index contributed by atoms with van der Waals surface area (Å²) in [5.74, 6) is 0.981. The molecule has 0 N–H and O–H groups in total. The molecule has 1 fully saturated rings. The fraction of sp³-hybridized carbons (Fsp3) is 0.462. The van der Waals surface area contributed by atoms with Gasteiger partial charge < -0.3 is 9.16 Å². The molecule has 29 heavy (non-hydrogen) atoms. The second kappa shape index (κ2) is 8.21. The van der Waals surface area contributed by atoms with Gasteiger partial charge in [0.2, 0.25) is 0 Å². The molecule has 2 aromatic rings. The van der Waals surface area contributed by atoms with Crippen LogP contribution in [-0.2, 0) is 9.16 Å². The van der Waals surface area contributed by atoms with Crippen LogP contribution in [0.15, 0.2) is 72.8 Å². The van der Waals surface area contributed by atoms with Crippen LogP contribution in [0.4, 0.5) is 0 Å². The van der Waals surface area contributed by atoms with Gasteiger partial charge in [-0.3, -0.25) is 0 Å². The Bertz CT molecular complexity index is 785. The first-order valence-corrected chi connectivity index (χ1v) is 12.9. The summed E-state index contributed by atoms with van der Waals surface area (Å²) in [6.07, 6.45) is 7.26. The molecule has 2 aliphatic heterocycles. The maximum atomic E-state index is 7.20. The van der Waals surface area contributed by atoms with Crippen molar-refractivity contribution in [3.05, 3.63) is 72.8 Å². The van der Waals surface area contributed by atoms with Crippen molar-refractivity contribution < 1.29 is 9.16 Å². The lowest BCUT2D eigenvalue weighted by Gasteiger charge is -2.44. The van der Waals surface area contributed by atoms with Crippen LogP contribution in [0.1, 0.15) is 40.5 Å². The lowest BCUT2D eigenvalue weighted by molar-refractivity contribution is 0.0324. The summed E-state index contributed by atoms with van der Waals surface area (Å²) in [7, 11) is -2.48. The number of benzene rings is 2. The van der Waals surface area contributed by atoms with Crippen molar-refractivity contribution in [2.45, 2.75) is 57.8 Å². The summed E-state index contributed by atoms with van der Waals surface area (Å²) in [5, 5.41) is 2.72. The highest BCUT2D eigenvalue weighted by Crippen LogP contribution is 2.41. The number of hydrogen-bond acceptors (Lipinski definition) is 2. The largest absolute Gasteiger partial charge is 0.407 e. The highest BCUT2D eigenvalue weighted by Gasteiger charge is 2.51. The topological polar surface area (TPSA) is 18.5 Å². The molecule has 1 saturated heterocycles. The van der Waals surface area contributed by atoms with Gasteiger partial charge in [-0.2, -0.15) is 0 Å². The van der Waals surface area contributed by atoms with Gasteiger partial charge in [-0.25, -0.2) is 0 Å². The fourth-order valence-corrected chi connectivity index (χ4v) is 9.86. The molecule has 3 heteroatoms. The first-order chi connectivity index (χ1) is 13.9. The van der Waals surface area contributed by atoms with Crippen molar-refractivity contribution >= 4 is 18.7 Å². The van der Waals surface area contributed by atoms with Gasteiger partial charge in [0, 0.05) is 12.5 Å². The van der Waals surface area contributed by atoms with Crippen LogP contribution in [0, 0.1) is 11.8 Å². The van der Waals surface area contributed by atoms with Gasteiger partial charge in [-0.05, 0) is 34.2 Å². The molecule has 2 aromatic carbocycles. The second-order valence-corrected chi connectivity index (χ2v) is 14.0. The zero-order valence-corrected chi connectivity index (χ0v) is 19.2. The van der Waals surface area contributed by atoms with E-state index in [0.717, 1.165) is 19.4 Å². The third kappa shape index (κ3) is 3.76. The van der Waals surface area contributed by atoms with E-state index in [1.54, 1.807) is 0 Å². The quantitative estimate of drug-likeness (QED) is 0.518. The predicted octanol–water partition coefficient (Wildman–Crippen LogP) is 4.93. The molecule has 4 atom stereocenters. The SMILES string of the molecule is C[C@H]1[C@@H](CO[Si](c2ccccc2)(c2ccccc2)C(C)(C)C)[C@@H]2CC=CC[C@H]1O2. The molecule has 0 unspecified atom stereocenters. The van der Waals surface area contributed by atoms with Crippen LogP contribution in [0.3, 0.4) is 0 Å². The Hall–Kier alpha value is -1.68. The molecule has 2 aliphatic rings. The van der Waals surface area contributed by atoms with Crippen LogP contribution < -0.4 is 10.4 Å². The predicted molar refractivity (Wildman–Crippen MR) is 123 cm³/mol. The lowest BCUT2D eigenvalue weighted by Crippen LogP contribution is -2.67. The highest BCUT2D eigenvalue weighted by atomic mass is 28.4. The summed E-state index contributed by atoms with van der Waals surface area (Å²) in [6, 6.07) is 21.9. The molecule has 0 spiro atoms. The molecule has 4 rings (SSSR count). The van der Waals surface area contributed by atoms with Crippen LogP contribution in [-0.4, -0.2) is 27.1 Å². The fourth-order valence-electron chi connectivity index (χ4n) is 5.27. The number of rotatable bonds is 5. The number of ether oxygens (including phenoxy) is 1. The van der Waals surface area contributed by atoms with Crippen molar-refractivity contribution in [2.75, 3.05) is 6.61 Å². The third-order valence-electron chi connectivity index (χ3n) is 6.90. The van der Waals surface area contributed by atoms with E-state index in [1.807, 2.05) is 0 Å². The third-order valence-corrected chi connectivity index (χ3v) is 11.9. The summed E-state index contributed by atoms with van der Waals surface area (Å²) in [6.45, 7) is 10.2. The van der Waals surface area contributed by atoms with Crippen molar-refractivity contribution in [1.29, 1.82) is 0 Å². The van der Waals surface area contributed by atoms with Crippen molar-refractivity contribution in [1.82, 2.24) is 0 Å². The van der Waals surface area contributed by atoms with E-state index in [4.69, 9.17) is 9.16 Å². The normalized spacial score (nSPS) is 27.0. The number of hydrogen-bond donors (Lipinski definition) is 0. The zero-order valence-electron chi connectivity index (χ0n) is 18.2. The molecule has 0 aromatic heterocycles. The Kier molecular flexibility index (Phi) is 5.83. The van der Waals surface area contributed by atoms with E-state index >= 15 is 0 Å². The van der Waals surface area contributed by atoms with E-state index < -0.39 is 8.32 Å². The molecule has 2 nitrogen and oxygen atoms in total. The standard InChI is InChI=1S/C26H34O2Si/c1-20-23(25-18-12-11-17-24(20)28-25)19-27-29(26(2,3)4,21-13-7-5-8-14-21)22-15-9-6-10-16-22/h5-16,20,23-25H,17-19H2,1-4H3/t20-,23+,24+,25-/m0/s1. The summed E-state index contributed by atoms with van der Waals surface area (Å²) >= 11 is 0. The molecular formula is C26H34O2Si. The van der Waals surface area contributed by atoms with Gasteiger partial charge in [0.05, 0.1) is 12.2 Å². The lowest BCUT2D eigenvalue weighted by atomic mass is 9.85. The Labute approximate surface area is 177 Å². The molecule has 0 aliphatic carbocycles. The van der Waals surface area contributed by atoms with Crippen molar-refractivity contribution in [2.24, 2.45) is 11.8 Å². The smallest absolute Gasteiger partial charge is 0.261 e. The maximum absolute atomic E-state index is 7.20. The summed E-state index contributed by atoms with van der Waals surface area (Å²) in [4.78, 5) is 0. The van der Waals surface area contributed by atoms with Gasteiger partial charge >= 0.3 is 0 Å². The van der Waals surface area contributed by atoms with E-state index in [-0.39, 0.29) is 11.1 Å². The zero-order chi connectivity index (χ0) is 20.5. The first-order valence-electron chi connectivity index (χ1n) is 11.0. The Morgan fingerprint density at radius 3 is 1.90 bits per heavy atom. The van der Waals surface area contributed by atoms with Gasteiger partial charge in [0.1, 0.15) is 0 Å². The molecule has 2 heterocycles. The molecule has 0 radical (unpaired) electrons. The van der Waals surface area contributed by atoms with Crippen LogP contribution in [0.5, 0.6) is 0 Å². The molecule has 0 amide bonds. The Morgan fingerprint density at radius 1 is 0.862 bits per heavy atom. The minimum Gasteiger partial charge on any atom is -0.407 e. The summed E-state index contributed by atoms with van der Waals surface area (Å²) < 4.78 is 13.6. The highest BCUT2D eigenvalue weighted by molar-refractivity contribution is 6.99. The molecule has 0 saturated carbocycles. The van der Waals surface area contributed by atoms with Crippen LogP contribution in [0.2, 0.25) is 5.04 Å². The van der Waals surface area contributed by atoms with E-state index in [2.05, 4.69) is 101 Å². The minimum absolute atomic E-state index is 0.0181. The van der Waals surface area contributed by atoms with Gasteiger partial charge in [-0.1, -0.05) is 101 Å². The van der Waals surface area contributed by atoms with E-state index in [1.165, 1.54) is 10.4 Å². The second-order valence-electron chi connectivity index (χ2n) is 9.65.